The number of aromatic hydroxyl groups is 1. The van der Waals surface area contributed by atoms with E-state index in [9.17, 15) is 4.79 Å². The number of phenols is 1. The minimum absolute atomic E-state index is 0. The number of benzene rings is 1. The van der Waals surface area contributed by atoms with Crippen molar-refractivity contribution >= 4 is 5.78 Å². The number of hydrogen-bond donors (Lipinski definition) is 1. The Hall–Kier alpha value is -0.687. The van der Waals surface area contributed by atoms with E-state index in [0.29, 0.717) is 17.5 Å². The normalized spacial score (nSPS) is 30.3. The summed E-state index contributed by atoms with van der Waals surface area (Å²) >= 11 is 0. The fraction of sp³-hybridized carbons (Fsp3) is 0.562. The molecule has 0 radical (unpaired) electrons. The quantitative estimate of drug-likeness (QED) is 0.740. The van der Waals surface area contributed by atoms with Crippen LogP contribution in [-0.2, 0) is 24.3 Å². The Kier molecular flexibility index (Phi) is 4.95. The van der Waals surface area contributed by atoms with Crippen LogP contribution in [0.3, 0.4) is 0 Å². The van der Waals surface area contributed by atoms with Crippen molar-refractivity contribution in [3.8, 4) is 5.75 Å². The third kappa shape index (κ3) is 2.77. The molecule has 2 unspecified atom stereocenters. The average molecular weight is 312 g/mol. The molecule has 0 spiro atoms. The predicted molar refractivity (Wildman–Crippen MR) is 72.3 cm³/mol. The number of para-hydroxylation sites is 1. The summed E-state index contributed by atoms with van der Waals surface area (Å²) in [5.41, 5.74) is 0.307. The third-order valence-corrected chi connectivity index (χ3v) is 5.24. The minimum atomic E-state index is 0. The van der Waals surface area contributed by atoms with Gasteiger partial charge in [-0.25, -0.2) is 0 Å². The average Bonchev–Trinajstić information content (AvgIpc) is 2.64. The summed E-state index contributed by atoms with van der Waals surface area (Å²) in [5, 5.41) is 8.63. The molecule has 2 nitrogen and oxygen atoms in total. The molecule has 1 N–H and O–H groups in total. The van der Waals surface area contributed by atoms with Gasteiger partial charge in [-0.1, -0.05) is 39.0 Å². The molecular formula is C16H22O2Zn. The Bertz CT molecular complexity index is 441. The predicted octanol–water partition coefficient (Wildman–Crippen LogP) is 3.79. The topological polar surface area (TPSA) is 37.3 Å². The Morgan fingerprint density at radius 2 is 1.74 bits per heavy atom. The van der Waals surface area contributed by atoms with Gasteiger partial charge >= 0.3 is 0 Å². The molecule has 2 aliphatic carbocycles. The molecule has 0 aromatic heterocycles. The number of carbonyl (C=O) groups excluding carboxylic acids is 1. The zero-order valence-electron chi connectivity index (χ0n) is 12.1. The van der Waals surface area contributed by atoms with Crippen molar-refractivity contribution in [3.63, 3.8) is 0 Å². The van der Waals surface area contributed by atoms with Crippen molar-refractivity contribution in [2.75, 3.05) is 0 Å². The van der Waals surface area contributed by atoms with Crippen LogP contribution in [-0.4, -0.2) is 10.9 Å². The van der Waals surface area contributed by atoms with E-state index in [-0.39, 0.29) is 30.3 Å². The molecule has 0 aliphatic heterocycles. The van der Waals surface area contributed by atoms with Gasteiger partial charge in [0.05, 0.1) is 0 Å². The molecule has 3 rings (SSSR count). The fourth-order valence-electron chi connectivity index (χ4n) is 3.33. The summed E-state index contributed by atoms with van der Waals surface area (Å²) in [6.45, 7) is 6.67. The van der Waals surface area contributed by atoms with Gasteiger partial charge in [0.2, 0.25) is 0 Å². The second-order valence-corrected chi connectivity index (χ2v) is 6.25. The van der Waals surface area contributed by atoms with Crippen LogP contribution in [0.2, 0.25) is 0 Å². The SMILES string of the molecule is CC12CCC(CC1=O)C2(C)C.Oc1ccccc1.[Zn]. The number of hydrogen-bond acceptors (Lipinski definition) is 2. The summed E-state index contributed by atoms with van der Waals surface area (Å²) in [7, 11) is 0. The molecule has 1 aromatic rings. The third-order valence-electron chi connectivity index (χ3n) is 5.24. The maximum atomic E-state index is 11.6. The first-order chi connectivity index (χ1) is 8.38. The van der Waals surface area contributed by atoms with Gasteiger partial charge in [0, 0.05) is 31.3 Å². The van der Waals surface area contributed by atoms with Gasteiger partial charge in [-0.3, -0.25) is 4.79 Å². The van der Waals surface area contributed by atoms with Crippen molar-refractivity contribution in [1.82, 2.24) is 0 Å². The molecule has 100 valence electrons. The van der Waals surface area contributed by atoms with E-state index in [1.165, 1.54) is 6.42 Å². The maximum absolute atomic E-state index is 11.6. The number of carbonyl (C=O) groups is 1. The van der Waals surface area contributed by atoms with E-state index >= 15 is 0 Å². The maximum Gasteiger partial charge on any atom is 0.139 e. The van der Waals surface area contributed by atoms with Crippen LogP contribution < -0.4 is 0 Å². The Balaban J connectivity index is 0.000000198. The van der Waals surface area contributed by atoms with Crippen LogP contribution in [0, 0.1) is 16.7 Å². The first-order valence-electron chi connectivity index (χ1n) is 6.65. The molecule has 2 saturated carbocycles. The molecule has 2 atom stereocenters. The summed E-state index contributed by atoms with van der Waals surface area (Å²) in [6, 6.07) is 8.71. The molecule has 0 heterocycles. The van der Waals surface area contributed by atoms with Crippen LogP contribution in [0.1, 0.15) is 40.0 Å². The summed E-state index contributed by atoms with van der Waals surface area (Å²) < 4.78 is 0. The molecular weight excluding hydrogens is 290 g/mol. The zero-order chi connectivity index (χ0) is 13.4. The minimum Gasteiger partial charge on any atom is -0.508 e. The monoisotopic (exact) mass is 310 g/mol. The van der Waals surface area contributed by atoms with E-state index in [0.717, 1.165) is 12.8 Å². The molecule has 2 aliphatic rings. The van der Waals surface area contributed by atoms with E-state index in [1.54, 1.807) is 24.3 Å². The first kappa shape index (κ1) is 16.4. The Labute approximate surface area is 128 Å². The van der Waals surface area contributed by atoms with E-state index in [4.69, 9.17) is 5.11 Å². The second kappa shape index (κ2) is 5.75. The van der Waals surface area contributed by atoms with Crippen molar-refractivity contribution in [2.45, 2.75) is 40.0 Å². The molecule has 19 heavy (non-hydrogen) atoms. The van der Waals surface area contributed by atoms with Crippen molar-refractivity contribution in [2.24, 2.45) is 16.7 Å². The van der Waals surface area contributed by atoms with Gasteiger partial charge in [-0.15, -0.1) is 0 Å². The molecule has 2 fully saturated rings. The van der Waals surface area contributed by atoms with Crippen LogP contribution in [0.15, 0.2) is 30.3 Å². The summed E-state index contributed by atoms with van der Waals surface area (Å²) in [5.74, 6) is 1.52. The van der Waals surface area contributed by atoms with Crippen LogP contribution in [0.4, 0.5) is 0 Å². The smallest absolute Gasteiger partial charge is 0.139 e. The Morgan fingerprint density at radius 3 is 1.95 bits per heavy atom. The van der Waals surface area contributed by atoms with Gasteiger partial charge in [-0.2, -0.15) is 0 Å². The molecule has 1 aromatic carbocycles. The van der Waals surface area contributed by atoms with Crippen LogP contribution in [0.25, 0.3) is 0 Å². The van der Waals surface area contributed by atoms with Gasteiger partial charge in [0.1, 0.15) is 11.5 Å². The van der Waals surface area contributed by atoms with Crippen LogP contribution in [0.5, 0.6) is 5.75 Å². The zero-order valence-corrected chi connectivity index (χ0v) is 15.1. The number of Topliss-reactive ketones (excluding diaryl/α,β-unsaturated/α-hetero) is 1. The van der Waals surface area contributed by atoms with Crippen molar-refractivity contribution in [1.29, 1.82) is 0 Å². The molecule has 0 saturated heterocycles. The van der Waals surface area contributed by atoms with Gasteiger partial charge in [-0.05, 0) is 36.3 Å². The fourth-order valence-corrected chi connectivity index (χ4v) is 3.33. The van der Waals surface area contributed by atoms with Crippen molar-refractivity contribution < 1.29 is 29.4 Å². The van der Waals surface area contributed by atoms with Gasteiger partial charge in [0.25, 0.3) is 0 Å². The molecule has 2 bridgehead atoms. The van der Waals surface area contributed by atoms with E-state index in [1.807, 2.05) is 6.07 Å². The van der Waals surface area contributed by atoms with Crippen LogP contribution >= 0.6 is 0 Å². The van der Waals surface area contributed by atoms with Gasteiger partial charge in [0.15, 0.2) is 0 Å². The largest absolute Gasteiger partial charge is 0.508 e. The first-order valence-corrected chi connectivity index (χ1v) is 6.65. The van der Waals surface area contributed by atoms with Crippen molar-refractivity contribution in [3.05, 3.63) is 30.3 Å². The number of fused-ring (bicyclic) bond motifs is 2. The van der Waals surface area contributed by atoms with Gasteiger partial charge < -0.3 is 5.11 Å². The standard InChI is InChI=1S/C10H16O.C6H6O.Zn/c1-9(2)7-4-5-10(9,3)8(11)6-7;7-6-4-2-1-3-5-6;/h7H,4-6H2,1-3H3;1-5,7H;. The summed E-state index contributed by atoms with van der Waals surface area (Å²) in [4.78, 5) is 11.6. The summed E-state index contributed by atoms with van der Waals surface area (Å²) in [6.07, 6.45) is 3.25. The number of phenolic OH excluding ortho intramolecular Hbond substituents is 1. The van der Waals surface area contributed by atoms with E-state index in [2.05, 4.69) is 20.8 Å². The van der Waals surface area contributed by atoms with E-state index < -0.39 is 0 Å². The number of ketones is 1. The molecule has 0 amide bonds. The molecule has 3 heteroatoms. The number of rotatable bonds is 0. The second-order valence-electron chi connectivity index (χ2n) is 6.25. The Morgan fingerprint density at radius 1 is 1.16 bits per heavy atom.